The van der Waals surface area contributed by atoms with Crippen LogP contribution in [0.1, 0.15) is 10.4 Å². The second kappa shape index (κ2) is 5.01. The van der Waals surface area contributed by atoms with Crippen LogP contribution >= 0.6 is 11.6 Å². The van der Waals surface area contributed by atoms with Crippen LogP contribution in [0.3, 0.4) is 0 Å². The Morgan fingerprint density at radius 2 is 2.11 bits per heavy atom. The lowest BCUT2D eigenvalue weighted by atomic mass is 10.2. The first kappa shape index (κ1) is 12.3. The number of carboxylic acid groups (broad SMARTS) is 1. The van der Waals surface area contributed by atoms with Gasteiger partial charge in [-0.15, -0.1) is 0 Å². The molecule has 0 aliphatic rings. The summed E-state index contributed by atoms with van der Waals surface area (Å²) in [5, 5.41) is 11.9. The number of anilines is 2. The number of aromatic nitrogens is 1. The molecule has 0 amide bonds. The topological polar surface area (TPSA) is 62.2 Å². The molecule has 0 aliphatic carbocycles. The van der Waals surface area contributed by atoms with Crippen LogP contribution in [0.15, 0.2) is 36.7 Å². The normalized spacial score (nSPS) is 10.1. The van der Waals surface area contributed by atoms with E-state index in [0.717, 1.165) is 6.07 Å². The van der Waals surface area contributed by atoms with Crippen molar-refractivity contribution in [3.63, 3.8) is 0 Å². The summed E-state index contributed by atoms with van der Waals surface area (Å²) in [5.74, 6) is -1.70. The third kappa shape index (κ3) is 2.57. The Hall–Kier alpha value is -2.14. The number of carboxylic acids is 1. The van der Waals surface area contributed by atoms with Crippen molar-refractivity contribution >= 4 is 28.9 Å². The molecule has 0 fully saturated rings. The Morgan fingerprint density at radius 3 is 2.78 bits per heavy atom. The highest BCUT2D eigenvalue weighted by atomic mass is 35.5. The molecule has 0 spiro atoms. The third-order valence-corrected chi connectivity index (χ3v) is 2.49. The molecule has 0 saturated heterocycles. The van der Waals surface area contributed by atoms with Crippen molar-refractivity contribution in [1.82, 2.24) is 4.98 Å². The molecule has 18 heavy (non-hydrogen) atoms. The summed E-state index contributed by atoms with van der Waals surface area (Å²) in [7, 11) is 0. The van der Waals surface area contributed by atoms with Gasteiger partial charge in [0.1, 0.15) is 11.4 Å². The first-order chi connectivity index (χ1) is 8.58. The predicted molar refractivity (Wildman–Crippen MR) is 65.9 cm³/mol. The van der Waals surface area contributed by atoms with Crippen molar-refractivity contribution in [3.8, 4) is 0 Å². The molecule has 92 valence electrons. The molecule has 0 saturated carbocycles. The number of nitrogens with zero attached hydrogens (tertiary/aromatic N) is 1. The van der Waals surface area contributed by atoms with Gasteiger partial charge in [0.15, 0.2) is 0 Å². The van der Waals surface area contributed by atoms with E-state index in [1.54, 1.807) is 0 Å². The van der Waals surface area contributed by atoms with Gasteiger partial charge in [0.2, 0.25) is 0 Å². The van der Waals surface area contributed by atoms with Crippen LogP contribution in [-0.4, -0.2) is 16.1 Å². The molecule has 4 nitrogen and oxygen atoms in total. The average Bonchev–Trinajstić information content (AvgIpc) is 2.33. The molecule has 0 radical (unpaired) electrons. The standard InChI is InChI=1S/C12H8ClFN2O2/c13-7-1-2-11(9(14)5-7)16-10-3-4-15-6-8(10)12(17)18/h1-6H,(H,15,16)(H,17,18). The lowest BCUT2D eigenvalue weighted by Crippen LogP contribution is -2.04. The molecule has 0 unspecified atom stereocenters. The minimum atomic E-state index is -1.14. The Labute approximate surface area is 107 Å². The Bertz CT molecular complexity index is 604. The van der Waals surface area contributed by atoms with Crippen LogP contribution in [0.5, 0.6) is 0 Å². The number of benzene rings is 1. The largest absolute Gasteiger partial charge is 0.478 e. The van der Waals surface area contributed by atoms with Gasteiger partial charge in [0.05, 0.1) is 11.4 Å². The maximum Gasteiger partial charge on any atom is 0.339 e. The summed E-state index contributed by atoms with van der Waals surface area (Å²) in [5.41, 5.74) is 0.374. The number of aromatic carboxylic acids is 1. The molecule has 1 heterocycles. The molecule has 2 aromatic rings. The van der Waals surface area contributed by atoms with E-state index in [2.05, 4.69) is 10.3 Å². The van der Waals surface area contributed by atoms with Gasteiger partial charge in [-0.25, -0.2) is 9.18 Å². The van der Waals surface area contributed by atoms with Crippen LogP contribution < -0.4 is 5.32 Å². The monoisotopic (exact) mass is 266 g/mol. The van der Waals surface area contributed by atoms with Crippen LogP contribution in [0, 0.1) is 5.82 Å². The lowest BCUT2D eigenvalue weighted by Gasteiger charge is -2.09. The zero-order chi connectivity index (χ0) is 13.1. The second-order valence-corrected chi connectivity index (χ2v) is 3.91. The second-order valence-electron chi connectivity index (χ2n) is 3.48. The van der Waals surface area contributed by atoms with Crippen molar-refractivity contribution in [3.05, 3.63) is 53.1 Å². The average molecular weight is 267 g/mol. The molecular formula is C12H8ClFN2O2. The SMILES string of the molecule is O=C(O)c1cnccc1Nc1ccc(Cl)cc1F. The number of nitrogens with one attached hydrogen (secondary N) is 1. The van der Waals surface area contributed by atoms with Gasteiger partial charge in [0, 0.05) is 17.4 Å². The summed E-state index contributed by atoms with van der Waals surface area (Å²) in [6.45, 7) is 0. The van der Waals surface area contributed by atoms with Crippen molar-refractivity contribution in [1.29, 1.82) is 0 Å². The number of carbonyl (C=O) groups is 1. The van der Waals surface area contributed by atoms with Gasteiger partial charge in [-0.1, -0.05) is 11.6 Å². The maximum absolute atomic E-state index is 13.6. The number of hydrogen-bond acceptors (Lipinski definition) is 3. The summed E-state index contributed by atoms with van der Waals surface area (Å²) in [6.07, 6.45) is 2.61. The molecule has 2 N–H and O–H groups in total. The summed E-state index contributed by atoms with van der Waals surface area (Å²) >= 11 is 5.63. The number of rotatable bonds is 3. The number of hydrogen-bond donors (Lipinski definition) is 2. The molecule has 2 rings (SSSR count). The molecule has 0 bridgehead atoms. The fraction of sp³-hybridized carbons (Fsp3) is 0. The Morgan fingerprint density at radius 1 is 1.33 bits per heavy atom. The third-order valence-electron chi connectivity index (χ3n) is 2.25. The van der Waals surface area contributed by atoms with E-state index in [9.17, 15) is 9.18 Å². The van der Waals surface area contributed by atoms with E-state index in [0.29, 0.717) is 0 Å². The van der Waals surface area contributed by atoms with Crippen molar-refractivity contribution in [2.75, 3.05) is 5.32 Å². The molecular weight excluding hydrogens is 259 g/mol. The summed E-state index contributed by atoms with van der Waals surface area (Å²) < 4.78 is 13.6. The summed E-state index contributed by atoms with van der Waals surface area (Å²) in [4.78, 5) is 14.7. The lowest BCUT2D eigenvalue weighted by molar-refractivity contribution is 0.0697. The van der Waals surface area contributed by atoms with Crippen LogP contribution in [0.2, 0.25) is 5.02 Å². The van der Waals surface area contributed by atoms with E-state index in [4.69, 9.17) is 16.7 Å². The fourth-order valence-corrected chi connectivity index (χ4v) is 1.57. The first-order valence-electron chi connectivity index (χ1n) is 4.97. The zero-order valence-corrected chi connectivity index (χ0v) is 9.78. The van der Waals surface area contributed by atoms with Gasteiger partial charge in [-0.05, 0) is 24.3 Å². The van der Waals surface area contributed by atoms with Crippen LogP contribution in [-0.2, 0) is 0 Å². The Kier molecular flexibility index (Phi) is 3.43. The molecule has 1 aromatic carbocycles. The highest BCUT2D eigenvalue weighted by Gasteiger charge is 2.11. The van der Waals surface area contributed by atoms with Crippen LogP contribution in [0.4, 0.5) is 15.8 Å². The first-order valence-corrected chi connectivity index (χ1v) is 5.35. The smallest absolute Gasteiger partial charge is 0.339 e. The Balaban J connectivity index is 2.37. The molecule has 0 aliphatic heterocycles. The van der Waals surface area contributed by atoms with Crippen molar-refractivity contribution < 1.29 is 14.3 Å². The maximum atomic E-state index is 13.6. The van der Waals surface area contributed by atoms with Gasteiger partial charge in [-0.2, -0.15) is 0 Å². The van der Waals surface area contributed by atoms with Gasteiger partial charge >= 0.3 is 5.97 Å². The molecule has 6 heteroatoms. The van der Waals surface area contributed by atoms with Crippen molar-refractivity contribution in [2.24, 2.45) is 0 Å². The van der Waals surface area contributed by atoms with E-state index in [1.807, 2.05) is 0 Å². The highest BCUT2D eigenvalue weighted by molar-refractivity contribution is 6.30. The van der Waals surface area contributed by atoms with E-state index < -0.39 is 11.8 Å². The number of halogens is 2. The summed E-state index contributed by atoms with van der Waals surface area (Å²) in [6, 6.07) is 5.54. The number of pyridine rings is 1. The molecule has 0 atom stereocenters. The van der Waals surface area contributed by atoms with Gasteiger partial charge in [0.25, 0.3) is 0 Å². The van der Waals surface area contributed by atoms with E-state index in [-0.39, 0.29) is 22.0 Å². The van der Waals surface area contributed by atoms with Gasteiger partial charge in [-0.3, -0.25) is 4.98 Å². The predicted octanol–water partition coefficient (Wildman–Crippen LogP) is 3.32. The molecule has 1 aromatic heterocycles. The van der Waals surface area contributed by atoms with E-state index in [1.165, 1.54) is 30.6 Å². The quantitative estimate of drug-likeness (QED) is 0.895. The van der Waals surface area contributed by atoms with E-state index >= 15 is 0 Å². The minimum Gasteiger partial charge on any atom is -0.478 e. The minimum absolute atomic E-state index is 0.0353. The van der Waals surface area contributed by atoms with Crippen LogP contribution in [0.25, 0.3) is 0 Å². The fourth-order valence-electron chi connectivity index (χ4n) is 1.41. The zero-order valence-electron chi connectivity index (χ0n) is 9.02. The van der Waals surface area contributed by atoms with Crippen molar-refractivity contribution in [2.45, 2.75) is 0 Å². The highest BCUT2D eigenvalue weighted by Crippen LogP contribution is 2.24. The van der Waals surface area contributed by atoms with Gasteiger partial charge < -0.3 is 10.4 Å².